The van der Waals surface area contributed by atoms with Crippen molar-refractivity contribution in [1.29, 1.82) is 0 Å². The van der Waals surface area contributed by atoms with E-state index in [2.05, 4.69) is 144 Å². The maximum absolute atomic E-state index is 2.43. The summed E-state index contributed by atoms with van der Waals surface area (Å²) in [6.07, 6.45) is 0. The van der Waals surface area contributed by atoms with E-state index in [1.54, 1.807) is 0 Å². The van der Waals surface area contributed by atoms with Crippen LogP contribution in [-0.2, 0) is 0 Å². The molecule has 0 radical (unpaired) electrons. The lowest BCUT2D eigenvalue weighted by molar-refractivity contribution is 1.37. The van der Waals surface area contributed by atoms with Crippen molar-refractivity contribution in [3.63, 3.8) is 0 Å². The zero-order chi connectivity index (χ0) is 24.3. The Balaban J connectivity index is 1.30. The van der Waals surface area contributed by atoms with Gasteiger partial charge >= 0.3 is 0 Å². The minimum atomic E-state index is 1.23. The Hall–Kier alpha value is -4.88. The number of fused-ring (bicyclic) bond motifs is 6. The lowest BCUT2D eigenvalue weighted by atomic mass is 9.95. The predicted molar refractivity (Wildman–Crippen MR) is 157 cm³/mol. The summed E-state index contributed by atoms with van der Waals surface area (Å²) in [6, 6.07) is 50.7. The SMILES string of the molecule is c1ccc(-c2ccc(-c3cccc(-c4cc5c6ccccc6n6c7ccccc7c(c4)c56)c3)cc2)cc1. The second kappa shape index (κ2) is 7.81. The molecule has 8 aromatic rings. The summed E-state index contributed by atoms with van der Waals surface area (Å²) < 4.78 is 2.43. The number of rotatable bonds is 3. The summed E-state index contributed by atoms with van der Waals surface area (Å²) in [5, 5.41) is 5.25. The number of nitrogens with zero attached hydrogens (tertiary/aromatic N) is 1. The second-order valence-electron chi connectivity index (χ2n) is 9.81. The first-order chi connectivity index (χ1) is 18.3. The molecule has 2 heterocycles. The third-order valence-corrected chi connectivity index (χ3v) is 7.73. The van der Waals surface area contributed by atoms with Gasteiger partial charge in [-0.15, -0.1) is 0 Å². The monoisotopic (exact) mass is 469 g/mol. The van der Waals surface area contributed by atoms with Gasteiger partial charge in [0.25, 0.3) is 0 Å². The lowest BCUT2D eigenvalue weighted by Crippen LogP contribution is -1.83. The number of hydrogen-bond donors (Lipinski definition) is 0. The van der Waals surface area contributed by atoms with Crippen LogP contribution in [0.4, 0.5) is 0 Å². The van der Waals surface area contributed by atoms with Gasteiger partial charge in [0.1, 0.15) is 0 Å². The van der Waals surface area contributed by atoms with Gasteiger partial charge in [-0.05, 0) is 63.7 Å². The van der Waals surface area contributed by atoms with Gasteiger partial charge in [-0.3, -0.25) is 0 Å². The summed E-state index contributed by atoms with van der Waals surface area (Å²) in [5.41, 5.74) is 11.3. The van der Waals surface area contributed by atoms with Crippen molar-refractivity contribution in [3.8, 4) is 33.4 Å². The Morgan fingerprint density at radius 2 is 0.757 bits per heavy atom. The zero-order valence-corrected chi connectivity index (χ0v) is 20.2. The van der Waals surface area contributed by atoms with Gasteiger partial charge in [-0.2, -0.15) is 0 Å². The van der Waals surface area contributed by atoms with Crippen LogP contribution in [-0.4, -0.2) is 4.40 Å². The highest BCUT2D eigenvalue weighted by molar-refractivity contribution is 6.24. The molecule has 6 aromatic carbocycles. The van der Waals surface area contributed by atoms with E-state index in [1.165, 1.54) is 71.5 Å². The zero-order valence-electron chi connectivity index (χ0n) is 20.2. The van der Waals surface area contributed by atoms with Crippen LogP contribution in [0, 0.1) is 0 Å². The van der Waals surface area contributed by atoms with Crippen LogP contribution in [0.25, 0.3) is 71.5 Å². The minimum Gasteiger partial charge on any atom is -0.308 e. The Bertz CT molecular complexity index is 1980. The van der Waals surface area contributed by atoms with Crippen LogP contribution in [0.15, 0.2) is 140 Å². The molecular weight excluding hydrogens is 446 g/mol. The van der Waals surface area contributed by atoms with Crippen molar-refractivity contribution in [2.45, 2.75) is 0 Å². The van der Waals surface area contributed by atoms with Crippen molar-refractivity contribution >= 4 is 38.1 Å². The largest absolute Gasteiger partial charge is 0.308 e. The molecule has 2 aromatic heterocycles. The van der Waals surface area contributed by atoms with Gasteiger partial charge in [0, 0.05) is 21.5 Å². The standard InChI is InChI=1S/C36H23N/c1-2-9-24(10-3-1)25-17-19-26(20-18-25)27-11-8-12-28(21-27)29-22-32-30-13-4-6-15-34(30)37-35-16-7-5-14-31(35)33(23-29)36(32)37/h1-23H. The summed E-state index contributed by atoms with van der Waals surface area (Å²) in [4.78, 5) is 0. The highest BCUT2D eigenvalue weighted by Gasteiger charge is 2.18. The molecule has 1 heteroatoms. The predicted octanol–water partition coefficient (Wildman–Crippen LogP) is 9.84. The fraction of sp³-hybridized carbons (Fsp3) is 0. The van der Waals surface area contributed by atoms with E-state index < -0.39 is 0 Å². The van der Waals surface area contributed by atoms with Crippen molar-refractivity contribution in [2.24, 2.45) is 0 Å². The van der Waals surface area contributed by atoms with Crippen LogP contribution < -0.4 is 0 Å². The third kappa shape index (κ3) is 3.04. The topological polar surface area (TPSA) is 4.41 Å². The van der Waals surface area contributed by atoms with Gasteiger partial charge in [-0.1, -0.05) is 109 Å². The molecule has 0 atom stereocenters. The van der Waals surface area contributed by atoms with Crippen molar-refractivity contribution in [1.82, 2.24) is 4.40 Å². The highest BCUT2D eigenvalue weighted by Crippen LogP contribution is 2.41. The first-order valence-electron chi connectivity index (χ1n) is 12.8. The minimum absolute atomic E-state index is 1.23. The summed E-state index contributed by atoms with van der Waals surface area (Å²) >= 11 is 0. The maximum Gasteiger partial charge on any atom is 0.0620 e. The molecule has 0 aliphatic carbocycles. The van der Waals surface area contributed by atoms with Gasteiger partial charge < -0.3 is 4.40 Å². The molecule has 0 N–H and O–H groups in total. The smallest absolute Gasteiger partial charge is 0.0620 e. The Kier molecular flexibility index (Phi) is 4.29. The van der Waals surface area contributed by atoms with E-state index in [0.717, 1.165) is 0 Å². The van der Waals surface area contributed by atoms with Gasteiger partial charge in [0.2, 0.25) is 0 Å². The third-order valence-electron chi connectivity index (χ3n) is 7.73. The number of hydrogen-bond acceptors (Lipinski definition) is 0. The van der Waals surface area contributed by atoms with Crippen LogP contribution in [0.5, 0.6) is 0 Å². The molecule has 0 fully saturated rings. The molecule has 1 nitrogen and oxygen atoms in total. The maximum atomic E-state index is 2.43. The molecule has 0 aliphatic rings. The van der Waals surface area contributed by atoms with Crippen molar-refractivity contribution < 1.29 is 0 Å². The summed E-state index contributed by atoms with van der Waals surface area (Å²) in [5.74, 6) is 0. The molecule has 37 heavy (non-hydrogen) atoms. The van der Waals surface area contributed by atoms with E-state index in [0.29, 0.717) is 0 Å². The van der Waals surface area contributed by atoms with Crippen LogP contribution in [0.1, 0.15) is 0 Å². The van der Waals surface area contributed by atoms with E-state index >= 15 is 0 Å². The number of benzene rings is 6. The quantitative estimate of drug-likeness (QED) is 0.242. The molecule has 0 amide bonds. The fourth-order valence-electron chi connectivity index (χ4n) is 5.98. The first kappa shape index (κ1) is 20.3. The Morgan fingerprint density at radius 1 is 0.297 bits per heavy atom. The summed E-state index contributed by atoms with van der Waals surface area (Å²) in [6.45, 7) is 0. The summed E-state index contributed by atoms with van der Waals surface area (Å²) in [7, 11) is 0. The Morgan fingerprint density at radius 3 is 1.38 bits per heavy atom. The van der Waals surface area contributed by atoms with Crippen LogP contribution in [0.2, 0.25) is 0 Å². The van der Waals surface area contributed by atoms with Crippen molar-refractivity contribution in [2.75, 3.05) is 0 Å². The molecule has 0 spiro atoms. The molecule has 0 bridgehead atoms. The van der Waals surface area contributed by atoms with Gasteiger partial charge in [-0.25, -0.2) is 0 Å². The normalized spacial score (nSPS) is 11.8. The number of aromatic nitrogens is 1. The second-order valence-corrected chi connectivity index (χ2v) is 9.81. The fourth-order valence-corrected chi connectivity index (χ4v) is 5.98. The highest BCUT2D eigenvalue weighted by atomic mass is 14.9. The molecule has 172 valence electrons. The van der Waals surface area contributed by atoms with E-state index in [4.69, 9.17) is 0 Å². The molecule has 0 saturated heterocycles. The first-order valence-corrected chi connectivity index (χ1v) is 12.8. The Labute approximate surface area is 215 Å². The number of para-hydroxylation sites is 2. The molecule has 0 unspecified atom stereocenters. The van der Waals surface area contributed by atoms with E-state index in [-0.39, 0.29) is 0 Å². The molecule has 0 saturated carbocycles. The van der Waals surface area contributed by atoms with Gasteiger partial charge in [0.05, 0.1) is 16.6 Å². The molecule has 8 rings (SSSR count). The van der Waals surface area contributed by atoms with Gasteiger partial charge in [0.15, 0.2) is 0 Å². The molecular formula is C36H23N. The lowest BCUT2D eigenvalue weighted by Gasteiger charge is -2.09. The van der Waals surface area contributed by atoms with Crippen molar-refractivity contribution in [3.05, 3.63) is 140 Å². The average molecular weight is 470 g/mol. The van der Waals surface area contributed by atoms with E-state index in [9.17, 15) is 0 Å². The average Bonchev–Trinajstić information content (AvgIpc) is 3.49. The van der Waals surface area contributed by atoms with Crippen LogP contribution in [0.3, 0.4) is 0 Å². The van der Waals surface area contributed by atoms with E-state index in [1.807, 2.05) is 0 Å². The van der Waals surface area contributed by atoms with Crippen LogP contribution >= 0.6 is 0 Å². The molecule has 0 aliphatic heterocycles.